The Hall–Kier alpha value is -3.82. The average molecular weight is 414 g/mol. The number of amides is 2. The number of nitrogens with one attached hydrogen (secondary N) is 2. The maximum absolute atomic E-state index is 12.1. The van der Waals surface area contributed by atoms with E-state index >= 15 is 0 Å². The van der Waals surface area contributed by atoms with Gasteiger partial charge < -0.3 is 10.6 Å². The van der Waals surface area contributed by atoms with Crippen molar-refractivity contribution in [1.29, 1.82) is 0 Å². The zero-order valence-corrected chi connectivity index (χ0v) is 16.2. The van der Waals surface area contributed by atoms with E-state index in [1.807, 2.05) is 0 Å². The van der Waals surface area contributed by atoms with Crippen LogP contribution in [0.5, 0.6) is 0 Å². The predicted molar refractivity (Wildman–Crippen MR) is 109 cm³/mol. The normalized spacial score (nSPS) is 10.3. The Bertz CT molecular complexity index is 856. The van der Waals surface area contributed by atoms with E-state index in [1.165, 1.54) is 36.4 Å². The summed E-state index contributed by atoms with van der Waals surface area (Å²) in [7, 11) is 0. The van der Waals surface area contributed by atoms with Crippen molar-refractivity contribution in [3.63, 3.8) is 0 Å². The first-order valence-corrected chi connectivity index (χ1v) is 9.45. The van der Waals surface area contributed by atoms with Crippen LogP contribution in [0.2, 0.25) is 0 Å². The summed E-state index contributed by atoms with van der Waals surface area (Å²) in [5.41, 5.74) is -0.408. The Kier molecular flexibility index (Phi) is 8.42. The molecule has 10 heteroatoms. The van der Waals surface area contributed by atoms with Gasteiger partial charge in [0.25, 0.3) is 23.2 Å². The number of rotatable bonds is 11. The maximum Gasteiger partial charge on any atom is 0.282 e. The SMILES string of the molecule is O=C(NCCCCCCNC(=O)c1ccccc1[N+](=O)[O-])c1ccccc1[N+](=O)[O-]. The van der Waals surface area contributed by atoms with Crippen molar-refractivity contribution < 1.29 is 19.4 Å². The first-order chi connectivity index (χ1) is 14.4. The molecule has 0 heterocycles. The molecule has 0 aliphatic carbocycles. The number of benzene rings is 2. The van der Waals surface area contributed by atoms with Gasteiger partial charge in [0.15, 0.2) is 0 Å². The van der Waals surface area contributed by atoms with E-state index in [-0.39, 0.29) is 22.5 Å². The lowest BCUT2D eigenvalue weighted by Crippen LogP contribution is -2.26. The lowest BCUT2D eigenvalue weighted by atomic mass is 10.1. The topological polar surface area (TPSA) is 144 Å². The van der Waals surface area contributed by atoms with Crippen LogP contribution >= 0.6 is 0 Å². The lowest BCUT2D eigenvalue weighted by molar-refractivity contribution is -0.385. The summed E-state index contributed by atoms with van der Waals surface area (Å²) in [6.07, 6.45) is 2.95. The zero-order chi connectivity index (χ0) is 21.9. The van der Waals surface area contributed by atoms with Crippen molar-refractivity contribution in [3.05, 3.63) is 79.9 Å². The summed E-state index contributed by atoms with van der Waals surface area (Å²) in [4.78, 5) is 44.9. The molecule has 0 fully saturated rings. The van der Waals surface area contributed by atoms with Crippen LogP contribution in [0.1, 0.15) is 46.4 Å². The molecule has 0 aliphatic rings. The van der Waals surface area contributed by atoms with E-state index in [1.54, 1.807) is 12.1 Å². The molecule has 0 aliphatic heterocycles. The highest BCUT2D eigenvalue weighted by Gasteiger charge is 2.19. The summed E-state index contributed by atoms with van der Waals surface area (Å²) >= 11 is 0. The highest BCUT2D eigenvalue weighted by molar-refractivity contribution is 5.98. The van der Waals surface area contributed by atoms with Gasteiger partial charge in [-0.3, -0.25) is 29.8 Å². The third-order valence-corrected chi connectivity index (χ3v) is 4.37. The minimum absolute atomic E-state index is 0.0280. The first kappa shape index (κ1) is 22.5. The van der Waals surface area contributed by atoms with Gasteiger partial charge in [0.2, 0.25) is 0 Å². The number of carbonyl (C=O) groups is 2. The van der Waals surface area contributed by atoms with Crippen LogP contribution in [-0.2, 0) is 0 Å². The number of carbonyl (C=O) groups excluding carboxylic acids is 2. The van der Waals surface area contributed by atoms with Gasteiger partial charge in [0.1, 0.15) is 11.1 Å². The molecule has 0 saturated carbocycles. The molecule has 2 aromatic carbocycles. The molecule has 2 N–H and O–H groups in total. The molecular weight excluding hydrogens is 392 g/mol. The van der Waals surface area contributed by atoms with E-state index in [4.69, 9.17) is 0 Å². The molecule has 158 valence electrons. The predicted octanol–water partition coefficient (Wildman–Crippen LogP) is 3.22. The Balaban J connectivity index is 1.64. The molecule has 0 unspecified atom stereocenters. The summed E-state index contributed by atoms with van der Waals surface area (Å²) in [6.45, 7) is 0.765. The molecule has 0 radical (unpaired) electrons. The largest absolute Gasteiger partial charge is 0.352 e. The van der Waals surface area contributed by atoms with Gasteiger partial charge in [-0.15, -0.1) is 0 Å². The Morgan fingerprint density at radius 3 is 1.40 bits per heavy atom. The van der Waals surface area contributed by atoms with E-state index in [0.717, 1.165) is 12.8 Å². The third kappa shape index (κ3) is 6.36. The van der Waals surface area contributed by atoms with Crippen molar-refractivity contribution in [2.24, 2.45) is 0 Å². The number of hydrogen-bond acceptors (Lipinski definition) is 6. The second kappa shape index (κ2) is 11.2. The molecule has 30 heavy (non-hydrogen) atoms. The van der Waals surface area contributed by atoms with Crippen LogP contribution in [0.3, 0.4) is 0 Å². The molecular formula is C20H22N4O6. The van der Waals surface area contributed by atoms with Crippen molar-refractivity contribution >= 4 is 23.2 Å². The molecule has 2 aromatic rings. The van der Waals surface area contributed by atoms with Crippen molar-refractivity contribution in [2.75, 3.05) is 13.1 Å². The van der Waals surface area contributed by atoms with Crippen LogP contribution in [0.4, 0.5) is 11.4 Å². The highest BCUT2D eigenvalue weighted by atomic mass is 16.6. The van der Waals surface area contributed by atoms with E-state index < -0.39 is 21.7 Å². The van der Waals surface area contributed by atoms with Gasteiger partial charge in [0.05, 0.1) is 9.85 Å². The monoisotopic (exact) mass is 414 g/mol. The first-order valence-electron chi connectivity index (χ1n) is 9.45. The van der Waals surface area contributed by atoms with Crippen LogP contribution in [0, 0.1) is 20.2 Å². The van der Waals surface area contributed by atoms with Crippen molar-refractivity contribution in [3.8, 4) is 0 Å². The van der Waals surface area contributed by atoms with Gasteiger partial charge in [-0.05, 0) is 25.0 Å². The summed E-state index contributed by atoms with van der Waals surface area (Å²) in [5, 5.41) is 27.2. The number of nitro benzene ring substituents is 2. The van der Waals surface area contributed by atoms with Crippen molar-refractivity contribution in [1.82, 2.24) is 10.6 Å². The van der Waals surface area contributed by atoms with Gasteiger partial charge in [-0.2, -0.15) is 0 Å². The maximum atomic E-state index is 12.1. The highest BCUT2D eigenvalue weighted by Crippen LogP contribution is 2.18. The summed E-state index contributed by atoms with van der Waals surface area (Å²) < 4.78 is 0. The van der Waals surface area contributed by atoms with Gasteiger partial charge in [-0.1, -0.05) is 37.1 Å². The average Bonchev–Trinajstić information content (AvgIpc) is 2.75. The molecule has 0 saturated heterocycles. The Morgan fingerprint density at radius 2 is 1.03 bits per heavy atom. The second-order valence-corrected chi connectivity index (χ2v) is 6.47. The molecule has 0 bridgehead atoms. The van der Waals surface area contributed by atoms with Gasteiger partial charge in [-0.25, -0.2) is 0 Å². The number of hydrogen-bond donors (Lipinski definition) is 2. The third-order valence-electron chi connectivity index (χ3n) is 4.37. The van der Waals surface area contributed by atoms with Gasteiger partial charge >= 0.3 is 0 Å². The number of nitro groups is 2. The van der Waals surface area contributed by atoms with Gasteiger partial charge in [0, 0.05) is 25.2 Å². The fourth-order valence-corrected chi connectivity index (χ4v) is 2.85. The van der Waals surface area contributed by atoms with Crippen molar-refractivity contribution in [2.45, 2.75) is 25.7 Å². The Morgan fingerprint density at radius 1 is 0.667 bits per heavy atom. The minimum atomic E-state index is -0.590. The standard InChI is InChI=1S/C20H22N4O6/c25-19(15-9-3-5-11-17(15)23(27)28)21-13-7-1-2-8-14-22-20(26)16-10-4-6-12-18(16)24(29)30/h3-6,9-12H,1-2,7-8,13-14H2,(H,21,25)(H,22,26). The van der Waals surface area contributed by atoms with Crippen LogP contribution in [-0.4, -0.2) is 34.8 Å². The van der Waals surface area contributed by atoms with Crippen LogP contribution in [0.15, 0.2) is 48.5 Å². The van der Waals surface area contributed by atoms with Crippen LogP contribution < -0.4 is 10.6 Å². The Labute approximate surface area is 172 Å². The molecule has 0 aromatic heterocycles. The zero-order valence-electron chi connectivity index (χ0n) is 16.2. The van der Waals surface area contributed by atoms with E-state index in [0.29, 0.717) is 25.9 Å². The quantitative estimate of drug-likeness (QED) is 0.328. The molecule has 0 spiro atoms. The second-order valence-electron chi connectivity index (χ2n) is 6.47. The number of unbranched alkanes of at least 4 members (excludes halogenated alkanes) is 3. The molecule has 2 amide bonds. The smallest absolute Gasteiger partial charge is 0.282 e. The minimum Gasteiger partial charge on any atom is -0.352 e. The summed E-state index contributed by atoms with van der Waals surface area (Å²) in [6, 6.07) is 11.5. The van der Waals surface area contributed by atoms with Crippen LogP contribution in [0.25, 0.3) is 0 Å². The fourth-order valence-electron chi connectivity index (χ4n) is 2.85. The summed E-state index contributed by atoms with van der Waals surface area (Å²) in [5.74, 6) is -0.974. The fraction of sp³-hybridized carbons (Fsp3) is 0.300. The van der Waals surface area contributed by atoms with E-state index in [9.17, 15) is 29.8 Å². The molecule has 2 rings (SSSR count). The van der Waals surface area contributed by atoms with E-state index in [2.05, 4.69) is 10.6 Å². The lowest BCUT2D eigenvalue weighted by Gasteiger charge is -2.07. The molecule has 0 atom stereocenters. The number of para-hydroxylation sites is 2. The molecule has 10 nitrogen and oxygen atoms in total. The number of nitrogens with zero attached hydrogens (tertiary/aromatic N) is 2.